The Morgan fingerprint density at radius 2 is 1.93 bits per heavy atom. The minimum atomic E-state index is -1.36. The molecule has 1 aromatic heterocycles. The zero-order valence-electron chi connectivity index (χ0n) is 17.5. The summed E-state index contributed by atoms with van der Waals surface area (Å²) >= 11 is 0. The number of nitrogens with zero attached hydrogens (tertiary/aromatic N) is 3. The van der Waals surface area contributed by atoms with Crippen molar-refractivity contribution >= 4 is 18.5 Å². The van der Waals surface area contributed by atoms with E-state index in [2.05, 4.69) is 9.97 Å². The Morgan fingerprint density at radius 1 is 1.31 bits per heavy atom. The molecule has 0 aliphatic carbocycles. The average Bonchev–Trinajstić information content (AvgIpc) is 2.93. The maximum atomic E-state index is 12.0. The summed E-state index contributed by atoms with van der Waals surface area (Å²) in [6.07, 6.45) is 3.64. The highest BCUT2D eigenvalue weighted by molar-refractivity contribution is 6.61. The van der Waals surface area contributed by atoms with E-state index in [-0.39, 0.29) is 11.9 Å². The van der Waals surface area contributed by atoms with Gasteiger partial charge in [0, 0.05) is 36.9 Å². The molecule has 2 aliphatic heterocycles. The van der Waals surface area contributed by atoms with Crippen LogP contribution in [0.5, 0.6) is 6.01 Å². The fourth-order valence-corrected chi connectivity index (χ4v) is 3.38. The Bertz CT molecular complexity index is 698. The van der Waals surface area contributed by atoms with Gasteiger partial charge < -0.3 is 29.2 Å². The highest BCUT2D eigenvalue weighted by Crippen LogP contribution is 2.36. The molecule has 0 unspecified atom stereocenters. The fourth-order valence-electron chi connectivity index (χ4n) is 3.38. The first-order valence-corrected chi connectivity index (χ1v) is 10.0. The van der Waals surface area contributed by atoms with Crippen LogP contribution in [0.4, 0.5) is 0 Å². The predicted octanol–water partition coefficient (Wildman–Crippen LogP) is -0.254. The van der Waals surface area contributed by atoms with Crippen molar-refractivity contribution in [3.05, 3.63) is 12.4 Å². The van der Waals surface area contributed by atoms with E-state index in [0.29, 0.717) is 19.7 Å². The zero-order valence-corrected chi connectivity index (χ0v) is 17.5. The van der Waals surface area contributed by atoms with Crippen molar-refractivity contribution in [2.24, 2.45) is 5.92 Å². The van der Waals surface area contributed by atoms with Gasteiger partial charge in [0.25, 0.3) is 5.91 Å². The van der Waals surface area contributed by atoms with Crippen molar-refractivity contribution in [2.75, 3.05) is 26.3 Å². The van der Waals surface area contributed by atoms with E-state index in [4.69, 9.17) is 19.2 Å². The summed E-state index contributed by atoms with van der Waals surface area (Å²) in [4.78, 5) is 22.1. The monoisotopic (exact) mass is 407 g/mol. The number of rotatable bonds is 6. The van der Waals surface area contributed by atoms with E-state index in [1.54, 1.807) is 17.3 Å². The number of carbonyl (C=O) groups excluding carboxylic acids is 1. The maximum absolute atomic E-state index is 12.0. The lowest BCUT2D eigenvalue weighted by Crippen LogP contribution is -2.47. The number of ether oxygens (including phenoxy) is 1. The Morgan fingerprint density at radius 3 is 2.52 bits per heavy atom. The lowest BCUT2D eigenvalue weighted by molar-refractivity contribution is -0.144. The number of aromatic nitrogens is 2. The molecule has 10 heteroatoms. The molecule has 0 radical (unpaired) electrons. The van der Waals surface area contributed by atoms with Gasteiger partial charge in [-0.15, -0.1) is 0 Å². The van der Waals surface area contributed by atoms with E-state index in [0.717, 1.165) is 18.3 Å². The second kappa shape index (κ2) is 8.55. The Balaban J connectivity index is 1.52. The Hall–Kier alpha value is -1.75. The standard InChI is InChI=1S/C19H30BN3O6/c1-18(2)19(3,4)29-20(28-18)14-8-21-17(22-9-14)27-12-13-6-5-7-23(10-13)16(26)15(25)11-24/h8-9,13,15,24-25H,5-7,10-12H2,1-4H3/t13-,15-/m0/s1. The van der Waals surface area contributed by atoms with Gasteiger partial charge in [-0.1, -0.05) is 0 Å². The summed E-state index contributed by atoms with van der Waals surface area (Å²) in [5, 5.41) is 18.5. The molecule has 0 spiro atoms. The third-order valence-corrected chi connectivity index (χ3v) is 5.91. The van der Waals surface area contributed by atoms with Crippen molar-refractivity contribution in [1.82, 2.24) is 14.9 Å². The fraction of sp³-hybridized carbons (Fsp3) is 0.737. The van der Waals surface area contributed by atoms with Gasteiger partial charge in [-0.3, -0.25) is 4.79 Å². The summed E-state index contributed by atoms with van der Waals surface area (Å²) in [7, 11) is -0.523. The molecule has 0 bridgehead atoms. The van der Waals surface area contributed by atoms with E-state index >= 15 is 0 Å². The van der Waals surface area contributed by atoms with Crippen molar-refractivity contribution in [1.29, 1.82) is 0 Å². The van der Waals surface area contributed by atoms with Crippen LogP contribution in [0, 0.1) is 5.92 Å². The van der Waals surface area contributed by atoms with E-state index in [1.807, 2.05) is 27.7 Å². The summed E-state index contributed by atoms with van der Waals surface area (Å²) in [5.41, 5.74) is -0.134. The van der Waals surface area contributed by atoms with Crippen LogP contribution in [-0.4, -0.2) is 81.7 Å². The predicted molar refractivity (Wildman–Crippen MR) is 106 cm³/mol. The largest absolute Gasteiger partial charge is 0.498 e. The van der Waals surface area contributed by atoms with Crippen molar-refractivity contribution in [3.8, 4) is 6.01 Å². The molecule has 2 aliphatic rings. The topological polar surface area (TPSA) is 114 Å². The molecule has 3 heterocycles. The van der Waals surface area contributed by atoms with Crippen LogP contribution < -0.4 is 10.2 Å². The van der Waals surface area contributed by atoms with Gasteiger partial charge in [-0.2, -0.15) is 0 Å². The normalized spacial score (nSPS) is 24.4. The highest BCUT2D eigenvalue weighted by atomic mass is 16.7. The number of likely N-dealkylation sites (tertiary alicyclic amines) is 1. The molecule has 29 heavy (non-hydrogen) atoms. The molecule has 0 aromatic carbocycles. The van der Waals surface area contributed by atoms with E-state index < -0.39 is 36.9 Å². The second-order valence-corrected chi connectivity index (χ2v) is 8.69. The Kier molecular flexibility index (Phi) is 6.47. The second-order valence-electron chi connectivity index (χ2n) is 8.69. The smallest absolute Gasteiger partial charge is 0.463 e. The van der Waals surface area contributed by atoms with Crippen molar-refractivity contribution in [2.45, 2.75) is 57.8 Å². The first kappa shape index (κ1) is 22.0. The van der Waals surface area contributed by atoms with Crippen LogP contribution in [0.2, 0.25) is 0 Å². The number of aliphatic hydroxyl groups is 2. The lowest BCUT2D eigenvalue weighted by Gasteiger charge is -2.33. The van der Waals surface area contributed by atoms with Gasteiger partial charge in [0.15, 0.2) is 6.10 Å². The molecule has 1 aromatic rings. The first-order chi connectivity index (χ1) is 13.6. The third kappa shape index (κ3) is 4.88. The highest BCUT2D eigenvalue weighted by Gasteiger charge is 2.52. The molecule has 0 saturated carbocycles. The van der Waals surface area contributed by atoms with Crippen molar-refractivity contribution < 1.29 is 29.1 Å². The van der Waals surface area contributed by atoms with E-state index in [1.165, 1.54) is 0 Å². The van der Waals surface area contributed by atoms with Gasteiger partial charge >= 0.3 is 13.1 Å². The molecule has 2 saturated heterocycles. The zero-order chi connectivity index (χ0) is 21.2. The van der Waals surface area contributed by atoms with Gasteiger partial charge in [0.1, 0.15) is 0 Å². The van der Waals surface area contributed by atoms with Crippen molar-refractivity contribution in [3.63, 3.8) is 0 Å². The van der Waals surface area contributed by atoms with Crippen LogP contribution in [0.15, 0.2) is 12.4 Å². The molecule has 9 nitrogen and oxygen atoms in total. The molecule has 1 amide bonds. The van der Waals surface area contributed by atoms with Crippen LogP contribution >= 0.6 is 0 Å². The number of piperidine rings is 1. The van der Waals surface area contributed by atoms with Crippen LogP contribution in [0.1, 0.15) is 40.5 Å². The minimum Gasteiger partial charge on any atom is -0.463 e. The molecular weight excluding hydrogens is 377 g/mol. The van der Waals surface area contributed by atoms with Gasteiger partial charge in [-0.25, -0.2) is 9.97 Å². The van der Waals surface area contributed by atoms with Crippen LogP contribution in [-0.2, 0) is 14.1 Å². The summed E-state index contributed by atoms with van der Waals surface area (Å²) in [5.74, 6) is -0.329. The quantitative estimate of drug-likeness (QED) is 0.621. The SMILES string of the molecule is CC1(C)OB(c2cnc(OC[C@H]3CCCN(C(=O)[C@@H](O)CO)C3)nc2)OC1(C)C. The van der Waals surface area contributed by atoms with E-state index in [9.17, 15) is 9.90 Å². The summed E-state index contributed by atoms with van der Waals surface area (Å²) in [6, 6.07) is 0.254. The van der Waals surface area contributed by atoms with Gasteiger partial charge in [0.05, 0.1) is 24.4 Å². The number of amides is 1. The number of aliphatic hydroxyl groups excluding tert-OH is 2. The maximum Gasteiger partial charge on any atom is 0.498 e. The molecule has 160 valence electrons. The number of hydrogen-bond donors (Lipinski definition) is 2. The van der Waals surface area contributed by atoms with Gasteiger partial charge in [0.2, 0.25) is 0 Å². The molecule has 2 fully saturated rings. The number of carbonyl (C=O) groups is 1. The van der Waals surface area contributed by atoms with Crippen LogP contribution in [0.25, 0.3) is 0 Å². The lowest BCUT2D eigenvalue weighted by atomic mass is 9.81. The van der Waals surface area contributed by atoms with Gasteiger partial charge in [-0.05, 0) is 40.5 Å². The number of hydrogen-bond acceptors (Lipinski definition) is 8. The van der Waals surface area contributed by atoms with Crippen LogP contribution in [0.3, 0.4) is 0 Å². The summed E-state index contributed by atoms with van der Waals surface area (Å²) < 4.78 is 17.7. The minimum absolute atomic E-state index is 0.116. The molecular formula is C19H30BN3O6. The summed E-state index contributed by atoms with van der Waals surface area (Å²) in [6.45, 7) is 8.81. The molecule has 2 N–H and O–H groups in total. The molecule has 3 rings (SSSR count). The third-order valence-electron chi connectivity index (χ3n) is 5.91. The molecule has 2 atom stereocenters. The first-order valence-electron chi connectivity index (χ1n) is 10.0. The average molecular weight is 407 g/mol. The Labute approximate surface area is 171 Å².